The molecule has 1 aromatic carbocycles. The smallest absolute Gasteiger partial charge is 0.191 e. The molecule has 1 aliphatic rings. The molecule has 1 aliphatic heterocycles. The first kappa shape index (κ1) is 18.7. The third-order valence-corrected chi connectivity index (χ3v) is 4.83. The second-order valence-electron chi connectivity index (χ2n) is 6.67. The Hall–Kier alpha value is -2.05. The maximum absolute atomic E-state index is 5.39. The van der Waals surface area contributed by atoms with Gasteiger partial charge in [0.1, 0.15) is 0 Å². The maximum Gasteiger partial charge on any atom is 0.191 e. The molecule has 0 saturated carbocycles. The van der Waals surface area contributed by atoms with Crippen molar-refractivity contribution < 1.29 is 4.74 Å². The highest BCUT2D eigenvalue weighted by Gasteiger charge is 2.10. The minimum Gasteiger partial charge on any atom is -0.379 e. The number of nitrogens with zero attached hydrogens (tertiary/aromatic N) is 2. The number of rotatable bonds is 7. The van der Waals surface area contributed by atoms with Gasteiger partial charge in [-0.05, 0) is 31.9 Å². The van der Waals surface area contributed by atoms with Crippen molar-refractivity contribution in [1.82, 2.24) is 20.5 Å². The van der Waals surface area contributed by atoms with Gasteiger partial charge in [0.25, 0.3) is 0 Å². The zero-order valence-corrected chi connectivity index (χ0v) is 16.0. The lowest BCUT2D eigenvalue weighted by atomic mass is 10.1. The molecule has 0 unspecified atom stereocenters. The zero-order valence-electron chi connectivity index (χ0n) is 16.0. The number of hydrogen-bond donors (Lipinski definition) is 3. The topological polar surface area (TPSA) is 64.7 Å². The number of hydrogen-bond acceptors (Lipinski definition) is 3. The average Bonchev–Trinajstić information content (AvgIpc) is 2.98. The Morgan fingerprint density at radius 2 is 2.04 bits per heavy atom. The van der Waals surface area contributed by atoms with Crippen LogP contribution in [0.25, 0.3) is 10.9 Å². The summed E-state index contributed by atoms with van der Waals surface area (Å²) in [5.74, 6) is 0.901. The SMILES string of the molecule is CCNC(=NCCN1CCOCC1)NCCc1c(C)[nH]c2ccccc12. The minimum absolute atomic E-state index is 0.807. The molecule has 0 radical (unpaired) electrons. The van der Waals surface area contributed by atoms with E-state index in [1.807, 2.05) is 0 Å². The fraction of sp³-hybridized carbons (Fsp3) is 0.550. The van der Waals surface area contributed by atoms with Gasteiger partial charge in [-0.1, -0.05) is 18.2 Å². The number of aromatic nitrogens is 1. The Morgan fingerprint density at radius 3 is 2.85 bits per heavy atom. The minimum atomic E-state index is 0.807. The van der Waals surface area contributed by atoms with E-state index < -0.39 is 0 Å². The summed E-state index contributed by atoms with van der Waals surface area (Å²) in [4.78, 5) is 10.6. The monoisotopic (exact) mass is 357 g/mol. The predicted octanol–water partition coefficient (Wildman–Crippen LogP) is 1.91. The molecule has 2 aromatic rings. The highest BCUT2D eigenvalue weighted by Crippen LogP contribution is 2.21. The van der Waals surface area contributed by atoms with E-state index in [-0.39, 0.29) is 0 Å². The molecule has 0 atom stereocenters. The number of nitrogens with one attached hydrogen (secondary N) is 3. The van der Waals surface area contributed by atoms with Crippen LogP contribution in [0.1, 0.15) is 18.2 Å². The van der Waals surface area contributed by atoms with Gasteiger partial charge in [0.05, 0.1) is 19.8 Å². The lowest BCUT2D eigenvalue weighted by Crippen LogP contribution is -2.40. The molecule has 26 heavy (non-hydrogen) atoms. The van der Waals surface area contributed by atoms with Gasteiger partial charge >= 0.3 is 0 Å². The number of H-pyrrole nitrogens is 1. The summed E-state index contributed by atoms with van der Waals surface area (Å²) in [5.41, 5.74) is 3.85. The van der Waals surface area contributed by atoms with Crippen LogP contribution < -0.4 is 10.6 Å². The summed E-state index contributed by atoms with van der Waals surface area (Å²) in [5, 5.41) is 8.13. The summed E-state index contributed by atoms with van der Waals surface area (Å²) >= 11 is 0. The maximum atomic E-state index is 5.39. The molecular weight excluding hydrogens is 326 g/mol. The summed E-state index contributed by atoms with van der Waals surface area (Å²) < 4.78 is 5.39. The van der Waals surface area contributed by atoms with Crippen LogP contribution in [0.5, 0.6) is 0 Å². The Bertz CT molecular complexity index is 718. The Morgan fingerprint density at radius 1 is 1.23 bits per heavy atom. The molecule has 0 aliphatic carbocycles. The molecule has 1 saturated heterocycles. The normalized spacial score (nSPS) is 16.2. The van der Waals surface area contributed by atoms with Gasteiger partial charge in [0.15, 0.2) is 5.96 Å². The van der Waals surface area contributed by atoms with E-state index >= 15 is 0 Å². The van der Waals surface area contributed by atoms with Crippen LogP contribution >= 0.6 is 0 Å². The number of ether oxygens (including phenoxy) is 1. The number of morpholine rings is 1. The second kappa shape index (κ2) is 9.59. The van der Waals surface area contributed by atoms with E-state index in [1.165, 1.54) is 22.2 Å². The Kier molecular flexibility index (Phi) is 6.91. The van der Waals surface area contributed by atoms with E-state index in [1.54, 1.807) is 0 Å². The number of aliphatic imine (C=N–C) groups is 1. The van der Waals surface area contributed by atoms with E-state index in [2.05, 4.69) is 58.6 Å². The van der Waals surface area contributed by atoms with E-state index in [4.69, 9.17) is 9.73 Å². The fourth-order valence-corrected chi connectivity index (χ4v) is 3.43. The standard InChI is InChI=1S/C20H31N5O/c1-3-21-20(23-10-11-25-12-14-26-15-13-25)22-9-8-17-16(2)24-19-7-5-4-6-18(17)19/h4-7,24H,3,8-15H2,1-2H3,(H2,21,22,23). The highest BCUT2D eigenvalue weighted by molar-refractivity contribution is 5.84. The van der Waals surface area contributed by atoms with Crippen molar-refractivity contribution in [2.45, 2.75) is 20.3 Å². The van der Waals surface area contributed by atoms with Crippen LogP contribution in [0, 0.1) is 6.92 Å². The molecular formula is C20H31N5O. The first-order valence-corrected chi connectivity index (χ1v) is 9.66. The predicted molar refractivity (Wildman–Crippen MR) is 108 cm³/mol. The zero-order chi connectivity index (χ0) is 18.2. The number of fused-ring (bicyclic) bond motifs is 1. The average molecular weight is 358 g/mol. The van der Waals surface area contributed by atoms with Gasteiger partial charge in [0, 0.05) is 49.3 Å². The number of benzene rings is 1. The Labute approximate surface area is 156 Å². The van der Waals surface area contributed by atoms with Crippen molar-refractivity contribution in [2.24, 2.45) is 4.99 Å². The molecule has 1 aromatic heterocycles. The molecule has 1 fully saturated rings. The molecule has 3 N–H and O–H groups in total. The molecule has 142 valence electrons. The van der Waals surface area contributed by atoms with Gasteiger partial charge in [-0.25, -0.2) is 0 Å². The molecule has 6 nitrogen and oxygen atoms in total. The summed E-state index contributed by atoms with van der Waals surface area (Å²) in [6.45, 7) is 11.5. The second-order valence-corrected chi connectivity index (χ2v) is 6.67. The summed E-state index contributed by atoms with van der Waals surface area (Å²) in [6, 6.07) is 8.50. The van der Waals surface area contributed by atoms with Crippen LogP contribution in [-0.2, 0) is 11.2 Å². The van der Waals surface area contributed by atoms with Gasteiger partial charge in [-0.3, -0.25) is 9.89 Å². The Balaban J connectivity index is 1.51. The van der Waals surface area contributed by atoms with Crippen LogP contribution in [0.15, 0.2) is 29.3 Å². The first-order valence-electron chi connectivity index (χ1n) is 9.66. The van der Waals surface area contributed by atoms with Crippen molar-refractivity contribution in [3.05, 3.63) is 35.5 Å². The number of para-hydroxylation sites is 1. The van der Waals surface area contributed by atoms with Crippen LogP contribution in [-0.4, -0.2) is 68.3 Å². The number of aryl methyl sites for hydroxylation is 1. The van der Waals surface area contributed by atoms with Gasteiger partial charge < -0.3 is 20.4 Å². The first-order chi connectivity index (χ1) is 12.8. The lowest BCUT2D eigenvalue weighted by Gasteiger charge is -2.25. The van der Waals surface area contributed by atoms with E-state index in [9.17, 15) is 0 Å². The van der Waals surface area contributed by atoms with Gasteiger partial charge in [-0.15, -0.1) is 0 Å². The fourth-order valence-electron chi connectivity index (χ4n) is 3.43. The van der Waals surface area contributed by atoms with Gasteiger partial charge in [-0.2, -0.15) is 0 Å². The lowest BCUT2D eigenvalue weighted by molar-refractivity contribution is 0.0394. The molecule has 3 rings (SSSR count). The van der Waals surface area contributed by atoms with Crippen LogP contribution in [0.4, 0.5) is 0 Å². The van der Waals surface area contributed by atoms with Crippen molar-refractivity contribution in [3.8, 4) is 0 Å². The van der Waals surface area contributed by atoms with Crippen molar-refractivity contribution >= 4 is 16.9 Å². The molecule has 0 amide bonds. The number of guanidine groups is 1. The molecule has 2 heterocycles. The largest absolute Gasteiger partial charge is 0.379 e. The summed E-state index contributed by atoms with van der Waals surface area (Å²) in [6.07, 6.45) is 0.976. The van der Waals surface area contributed by atoms with Crippen molar-refractivity contribution in [3.63, 3.8) is 0 Å². The quantitative estimate of drug-likeness (QED) is 0.523. The van der Waals surface area contributed by atoms with Crippen LogP contribution in [0.2, 0.25) is 0 Å². The van der Waals surface area contributed by atoms with E-state index in [0.717, 1.165) is 64.9 Å². The van der Waals surface area contributed by atoms with Crippen LogP contribution in [0.3, 0.4) is 0 Å². The highest BCUT2D eigenvalue weighted by atomic mass is 16.5. The van der Waals surface area contributed by atoms with Crippen molar-refractivity contribution in [2.75, 3.05) is 52.5 Å². The number of aromatic amines is 1. The third kappa shape index (κ3) is 4.99. The van der Waals surface area contributed by atoms with Gasteiger partial charge in [0.2, 0.25) is 0 Å². The van der Waals surface area contributed by atoms with E-state index in [0.29, 0.717) is 0 Å². The third-order valence-electron chi connectivity index (χ3n) is 4.83. The summed E-state index contributed by atoms with van der Waals surface area (Å²) in [7, 11) is 0. The molecule has 6 heteroatoms. The van der Waals surface area contributed by atoms with Crippen molar-refractivity contribution in [1.29, 1.82) is 0 Å². The molecule has 0 bridgehead atoms. The molecule has 0 spiro atoms.